The van der Waals surface area contributed by atoms with Crippen LogP contribution in [0.1, 0.15) is 39.1 Å². The van der Waals surface area contributed by atoms with Crippen LogP contribution < -0.4 is 4.90 Å². The van der Waals surface area contributed by atoms with E-state index in [-0.39, 0.29) is 30.0 Å². The average molecular weight is 379 g/mol. The molecular weight excluding hydrogens is 362 g/mol. The van der Waals surface area contributed by atoms with Crippen molar-refractivity contribution in [3.05, 3.63) is 69.3 Å². The topological polar surface area (TPSA) is 101 Å². The number of benzene rings is 2. The Morgan fingerprint density at radius 2 is 1.86 bits per heavy atom. The van der Waals surface area contributed by atoms with E-state index in [4.69, 9.17) is 0 Å². The fourth-order valence-corrected chi connectivity index (χ4v) is 3.81. The average Bonchev–Trinajstić information content (AvgIpc) is 2.96. The number of fused-ring (bicyclic) bond motifs is 2. The second-order valence-corrected chi connectivity index (χ2v) is 6.75. The van der Waals surface area contributed by atoms with Gasteiger partial charge in [0.15, 0.2) is 0 Å². The molecule has 0 atom stereocenters. The van der Waals surface area contributed by atoms with Gasteiger partial charge in [0.2, 0.25) is 5.91 Å². The molecule has 0 fully saturated rings. The lowest BCUT2D eigenvalue weighted by molar-refractivity contribution is -0.385. The van der Waals surface area contributed by atoms with Crippen molar-refractivity contribution >= 4 is 29.1 Å². The second-order valence-electron chi connectivity index (χ2n) is 6.75. The summed E-state index contributed by atoms with van der Waals surface area (Å²) in [5.41, 5.74) is 1.37. The molecule has 0 saturated carbocycles. The van der Waals surface area contributed by atoms with E-state index in [1.807, 2.05) is 24.3 Å². The van der Waals surface area contributed by atoms with Crippen LogP contribution in [-0.2, 0) is 11.2 Å². The maximum atomic E-state index is 12.7. The SMILES string of the molecule is O=C1c2cccc([N+](=O)[O-])c2C(=O)N1CCC(=O)N1CCCc2ccccc21. The molecule has 2 aliphatic rings. The van der Waals surface area contributed by atoms with Gasteiger partial charge < -0.3 is 4.90 Å². The maximum Gasteiger partial charge on any atom is 0.282 e. The fourth-order valence-electron chi connectivity index (χ4n) is 3.81. The first-order chi connectivity index (χ1) is 13.5. The van der Waals surface area contributed by atoms with Crippen molar-refractivity contribution in [1.82, 2.24) is 4.90 Å². The Balaban J connectivity index is 1.51. The lowest BCUT2D eigenvalue weighted by Gasteiger charge is -2.30. The number of rotatable bonds is 4. The third-order valence-electron chi connectivity index (χ3n) is 5.13. The van der Waals surface area contributed by atoms with E-state index in [0.717, 1.165) is 29.0 Å². The maximum absolute atomic E-state index is 12.7. The molecule has 28 heavy (non-hydrogen) atoms. The van der Waals surface area contributed by atoms with E-state index in [1.54, 1.807) is 4.90 Å². The van der Waals surface area contributed by atoms with E-state index in [1.165, 1.54) is 18.2 Å². The highest BCUT2D eigenvalue weighted by molar-refractivity contribution is 6.23. The third kappa shape index (κ3) is 2.83. The zero-order valence-corrected chi connectivity index (χ0v) is 15.0. The standard InChI is InChI=1S/C20H17N3O5/c24-17(21-11-4-6-13-5-1-2-8-15(13)21)10-12-22-19(25)14-7-3-9-16(23(27)28)18(14)20(22)26/h1-3,5,7-9H,4,6,10-12H2. The predicted molar refractivity (Wildman–Crippen MR) is 100 cm³/mol. The monoisotopic (exact) mass is 379 g/mol. The summed E-state index contributed by atoms with van der Waals surface area (Å²) in [6, 6.07) is 11.6. The summed E-state index contributed by atoms with van der Waals surface area (Å²) in [4.78, 5) is 51.0. The highest BCUT2D eigenvalue weighted by atomic mass is 16.6. The summed E-state index contributed by atoms with van der Waals surface area (Å²) >= 11 is 0. The molecule has 0 unspecified atom stereocenters. The Morgan fingerprint density at radius 3 is 2.64 bits per heavy atom. The van der Waals surface area contributed by atoms with E-state index >= 15 is 0 Å². The number of para-hydroxylation sites is 1. The number of nitro benzene ring substituents is 1. The molecule has 0 aromatic heterocycles. The van der Waals surface area contributed by atoms with Crippen molar-refractivity contribution in [3.63, 3.8) is 0 Å². The van der Waals surface area contributed by atoms with Gasteiger partial charge in [-0.05, 0) is 30.5 Å². The van der Waals surface area contributed by atoms with Crippen LogP contribution in [0.3, 0.4) is 0 Å². The minimum absolute atomic E-state index is 0.00923. The molecule has 3 amide bonds. The zero-order valence-electron chi connectivity index (χ0n) is 15.0. The molecule has 2 aliphatic heterocycles. The van der Waals surface area contributed by atoms with Gasteiger partial charge in [-0.3, -0.25) is 29.4 Å². The second kappa shape index (κ2) is 6.88. The lowest BCUT2D eigenvalue weighted by atomic mass is 10.0. The minimum Gasteiger partial charge on any atom is -0.312 e. The number of hydrogen-bond donors (Lipinski definition) is 0. The van der Waals surface area contributed by atoms with Crippen LogP contribution in [0, 0.1) is 10.1 Å². The van der Waals surface area contributed by atoms with E-state index in [0.29, 0.717) is 6.54 Å². The molecule has 2 heterocycles. The summed E-state index contributed by atoms with van der Waals surface area (Å²) in [6.45, 7) is 0.477. The number of imide groups is 1. The van der Waals surface area contributed by atoms with Gasteiger partial charge in [-0.25, -0.2) is 0 Å². The van der Waals surface area contributed by atoms with Crippen molar-refractivity contribution in [2.45, 2.75) is 19.3 Å². The molecule has 0 aliphatic carbocycles. The van der Waals surface area contributed by atoms with Gasteiger partial charge in [-0.15, -0.1) is 0 Å². The molecule has 4 rings (SSSR count). The van der Waals surface area contributed by atoms with Crippen LogP contribution >= 0.6 is 0 Å². The molecule has 0 radical (unpaired) electrons. The fraction of sp³-hybridized carbons (Fsp3) is 0.250. The van der Waals surface area contributed by atoms with Crippen molar-refractivity contribution in [2.24, 2.45) is 0 Å². The van der Waals surface area contributed by atoms with Crippen molar-refractivity contribution in [3.8, 4) is 0 Å². The molecule has 0 bridgehead atoms. The van der Waals surface area contributed by atoms with E-state index in [2.05, 4.69) is 0 Å². The first-order valence-corrected chi connectivity index (χ1v) is 9.01. The van der Waals surface area contributed by atoms with Crippen LogP contribution in [0.25, 0.3) is 0 Å². The molecular formula is C20H17N3O5. The van der Waals surface area contributed by atoms with Crippen LogP contribution in [0.5, 0.6) is 0 Å². The minimum atomic E-state index is -0.723. The van der Waals surface area contributed by atoms with Gasteiger partial charge in [0.1, 0.15) is 5.56 Å². The van der Waals surface area contributed by atoms with Gasteiger partial charge >= 0.3 is 0 Å². The predicted octanol–water partition coefficient (Wildman–Crippen LogP) is 2.56. The number of anilines is 1. The van der Waals surface area contributed by atoms with Gasteiger partial charge in [0.05, 0.1) is 10.5 Å². The lowest BCUT2D eigenvalue weighted by Crippen LogP contribution is -2.39. The Labute approximate surface area is 160 Å². The highest BCUT2D eigenvalue weighted by Crippen LogP contribution is 2.31. The Hall–Kier alpha value is -3.55. The third-order valence-corrected chi connectivity index (χ3v) is 5.13. The number of nitrogens with zero attached hydrogens (tertiary/aromatic N) is 3. The van der Waals surface area contributed by atoms with Crippen LogP contribution in [0.2, 0.25) is 0 Å². The highest BCUT2D eigenvalue weighted by Gasteiger charge is 2.41. The quantitative estimate of drug-likeness (QED) is 0.462. The summed E-state index contributed by atoms with van der Waals surface area (Å²) in [6.07, 6.45) is 1.72. The van der Waals surface area contributed by atoms with Gasteiger partial charge in [-0.2, -0.15) is 0 Å². The molecule has 2 aromatic carbocycles. The van der Waals surface area contributed by atoms with Crippen LogP contribution in [0.15, 0.2) is 42.5 Å². The van der Waals surface area contributed by atoms with E-state index in [9.17, 15) is 24.5 Å². The number of amides is 3. The van der Waals surface area contributed by atoms with Crippen molar-refractivity contribution in [1.29, 1.82) is 0 Å². The smallest absolute Gasteiger partial charge is 0.282 e. The van der Waals surface area contributed by atoms with Crippen LogP contribution in [0.4, 0.5) is 11.4 Å². The number of nitro groups is 1. The molecule has 8 heteroatoms. The van der Waals surface area contributed by atoms with Gasteiger partial charge in [0.25, 0.3) is 17.5 Å². The molecule has 8 nitrogen and oxygen atoms in total. The van der Waals surface area contributed by atoms with E-state index < -0.39 is 22.4 Å². The Morgan fingerprint density at radius 1 is 1.07 bits per heavy atom. The number of hydrogen-bond acceptors (Lipinski definition) is 5. The molecule has 142 valence electrons. The van der Waals surface area contributed by atoms with Crippen LogP contribution in [-0.4, -0.2) is 40.6 Å². The molecule has 2 aromatic rings. The summed E-state index contributed by atoms with van der Waals surface area (Å²) in [7, 11) is 0. The summed E-state index contributed by atoms with van der Waals surface area (Å²) in [5, 5.41) is 11.2. The molecule has 0 N–H and O–H groups in total. The summed E-state index contributed by atoms with van der Waals surface area (Å²) < 4.78 is 0. The van der Waals surface area contributed by atoms with Gasteiger partial charge in [-0.1, -0.05) is 24.3 Å². The first kappa shape index (κ1) is 17.8. The van der Waals surface area contributed by atoms with Crippen molar-refractivity contribution < 1.29 is 19.3 Å². The van der Waals surface area contributed by atoms with Gasteiger partial charge in [0, 0.05) is 31.3 Å². The number of carbonyl (C=O) groups excluding carboxylic acids is 3. The first-order valence-electron chi connectivity index (χ1n) is 9.01. The number of carbonyl (C=O) groups is 3. The Bertz CT molecular complexity index is 1020. The molecule has 0 saturated heterocycles. The van der Waals surface area contributed by atoms with Crippen molar-refractivity contribution in [2.75, 3.05) is 18.0 Å². The normalized spacial score (nSPS) is 15.4. The molecule has 0 spiro atoms. The number of aryl methyl sites for hydroxylation is 1. The largest absolute Gasteiger partial charge is 0.312 e. The Kier molecular flexibility index (Phi) is 4.38. The summed E-state index contributed by atoms with van der Waals surface area (Å²) in [5.74, 6) is -1.51. The zero-order chi connectivity index (χ0) is 19.8.